The Morgan fingerprint density at radius 3 is 2.62 bits per heavy atom. The Bertz CT molecular complexity index is 473. The molecule has 0 atom stereocenters. The van der Waals surface area contributed by atoms with Crippen LogP contribution >= 0.6 is 15.9 Å². The largest absolute Gasteiger partial charge is 0.379 e. The third-order valence-corrected chi connectivity index (χ3v) is 4.66. The number of ether oxygens (including phenoxy) is 1. The van der Waals surface area contributed by atoms with Crippen LogP contribution in [0.4, 0.5) is 5.82 Å². The highest BCUT2D eigenvalue weighted by atomic mass is 79.9. The quantitative estimate of drug-likeness (QED) is 0.811. The zero-order valence-corrected chi connectivity index (χ0v) is 15.1. The molecule has 21 heavy (non-hydrogen) atoms. The van der Waals surface area contributed by atoms with E-state index in [0.717, 1.165) is 55.4 Å². The van der Waals surface area contributed by atoms with Crippen LogP contribution < -0.4 is 4.90 Å². The maximum Gasteiger partial charge on any atom is 0.128 e. The van der Waals surface area contributed by atoms with Gasteiger partial charge in [-0.1, -0.05) is 13.8 Å². The van der Waals surface area contributed by atoms with Crippen molar-refractivity contribution in [2.75, 3.05) is 51.3 Å². The number of hydrogen-bond donors (Lipinski definition) is 0. The van der Waals surface area contributed by atoms with Gasteiger partial charge in [0, 0.05) is 37.7 Å². The van der Waals surface area contributed by atoms with E-state index in [1.54, 1.807) is 0 Å². The predicted molar refractivity (Wildman–Crippen MR) is 91.0 cm³/mol. The number of rotatable bonds is 5. The zero-order chi connectivity index (χ0) is 15.5. The van der Waals surface area contributed by atoms with E-state index in [9.17, 15) is 0 Å². The van der Waals surface area contributed by atoms with Crippen molar-refractivity contribution in [3.63, 3.8) is 0 Å². The lowest BCUT2D eigenvalue weighted by molar-refractivity contribution is 0.0223. The van der Waals surface area contributed by atoms with Crippen molar-refractivity contribution >= 4 is 21.7 Å². The number of pyridine rings is 1. The van der Waals surface area contributed by atoms with Crippen LogP contribution in [0.25, 0.3) is 0 Å². The van der Waals surface area contributed by atoms with Crippen molar-refractivity contribution in [1.82, 2.24) is 9.88 Å². The molecule has 118 valence electrons. The Labute approximate surface area is 136 Å². The van der Waals surface area contributed by atoms with Crippen LogP contribution in [-0.2, 0) is 4.74 Å². The Kier molecular flexibility index (Phi) is 5.63. The van der Waals surface area contributed by atoms with E-state index < -0.39 is 0 Å². The highest BCUT2D eigenvalue weighted by molar-refractivity contribution is 9.10. The lowest BCUT2D eigenvalue weighted by Crippen LogP contribution is -2.45. The van der Waals surface area contributed by atoms with Gasteiger partial charge in [0.2, 0.25) is 0 Å². The Morgan fingerprint density at radius 2 is 2.00 bits per heavy atom. The topological polar surface area (TPSA) is 28.6 Å². The molecule has 0 bridgehead atoms. The van der Waals surface area contributed by atoms with Crippen molar-refractivity contribution in [2.24, 2.45) is 5.41 Å². The van der Waals surface area contributed by atoms with E-state index >= 15 is 0 Å². The van der Waals surface area contributed by atoms with Gasteiger partial charge in [-0.05, 0) is 40.4 Å². The van der Waals surface area contributed by atoms with Gasteiger partial charge in [-0.15, -0.1) is 0 Å². The molecule has 1 aromatic rings. The molecule has 1 aromatic heterocycles. The summed E-state index contributed by atoms with van der Waals surface area (Å²) in [6.45, 7) is 12.6. The Balaban J connectivity index is 1.95. The molecular formula is C16H26BrN3O. The van der Waals surface area contributed by atoms with Gasteiger partial charge in [-0.2, -0.15) is 0 Å². The molecule has 0 saturated carbocycles. The van der Waals surface area contributed by atoms with E-state index in [0.29, 0.717) is 0 Å². The summed E-state index contributed by atoms with van der Waals surface area (Å²) in [6.07, 6.45) is 0. The predicted octanol–water partition coefficient (Wildman–Crippen LogP) is 2.95. The summed E-state index contributed by atoms with van der Waals surface area (Å²) < 4.78 is 6.48. The summed E-state index contributed by atoms with van der Waals surface area (Å²) in [7, 11) is 2.12. The van der Waals surface area contributed by atoms with Gasteiger partial charge < -0.3 is 9.64 Å². The van der Waals surface area contributed by atoms with E-state index in [1.807, 2.05) is 6.92 Å². The SMILES string of the molecule is Cc1nc(N(C)CC(C)(C)CN2CCOCC2)ccc1Br. The minimum Gasteiger partial charge on any atom is -0.379 e. The average Bonchev–Trinajstić information content (AvgIpc) is 2.41. The lowest BCUT2D eigenvalue weighted by Gasteiger charge is -2.37. The first-order valence-corrected chi connectivity index (χ1v) is 8.31. The first kappa shape index (κ1) is 16.7. The van der Waals surface area contributed by atoms with Gasteiger partial charge in [0.05, 0.1) is 18.9 Å². The second kappa shape index (κ2) is 7.07. The van der Waals surface area contributed by atoms with Gasteiger partial charge in [0.1, 0.15) is 5.82 Å². The fourth-order valence-corrected chi connectivity index (χ4v) is 3.10. The van der Waals surface area contributed by atoms with Crippen LogP contribution in [-0.4, -0.2) is 56.3 Å². The first-order valence-electron chi connectivity index (χ1n) is 7.52. The molecule has 0 spiro atoms. The third kappa shape index (κ3) is 4.94. The molecule has 0 aliphatic carbocycles. The van der Waals surface area contributed by atoms with Crippen molar-refractivity contribution in [3.8, 4) is 0 Å². The van der Waals surface area contributed by atoms with E-state index in [1.165, 1.54) is 0 Å². The molecular weight excluding hydrogens is 330 g/mol. The van der Waals surface area contributed by atoms with E-state index in [-0.39, 0.29) is 5.41 Å². The van der Waals surface area contributed by atoms with Crippen LogP contribution in [0.2, 0.25) is 0 Å². The lowest BCUT2D eigenvalue weighted by atomic mass is 9.92. The molecule has 4 nitrogen and oxygen atoms in total. The van der Waals surface area contributed by atoms with Gasteiger partial charge in [0.25, 0.3) is 0 Å². The van der Waals surface area contributed by atoms with Crippen LogP contribution in [0.15, 0.2) is 16.6 Å². The standard InChI is InChI=1S/C16H26BrN3O/c1-13-14(17)5-6-15(18-13)19(4)11-16(2,3)12-20-7-9-21-10-8-20/h5-6H,7-12H2,1-4H3. The normalized spacial score (nSPS) is 17.0. The molecule has 0 N–H and O–H groups in total. The first-order chi connectivity index (χ1) is 9.87. The van der Waals surface area contributed by atoms with Gasteiger partial charge in [0.15, 0.2) is 0 Å². The minimum absolute atomic E-state index is 0.217. The maximum absolute atomic E-state index is 5.42. The fourth-order valence-electron chi connectivity index (χ4n) is 2.88. The van der Waals surface area contributed by atoms with E-state index in [2.05, 4.69) is 63.7 Å². The van der Waals surface area contributed by atoms with Crippen LogP contribution in [0.1, 0.15) is 19.5 Å². The molecule has 2 rings (SSSR count). The highest BCUT2D eigenvalue weighted by Crippen LogP contribution is 2.23. The summed E-state index contributed by atoms with van der Waals surface area (Å²) in [5, 5.41) is 0. The molecule has 1 saturated heterocycles. The molecule has 0 radical (unpaired) electrons. The summed E-state index contributed by atoms with van der Waals surface area (Å²) in [5.74, 6) is 1.03. The molecule has 0 amide bonds. The molecule has 2 heterocycles. The van der Waals surface area contributed by atoms with Gasteiger partial charge in [-0.25, -0.2) is 4.98 Å². The minimum atomic E-state index is 0.217. The van der Waals surface area contributed by atoms with E-state index in [4.69, 9.17) is 4.74 Å². The molecule has 5 heteroatoms. The number of anilines is 1. The van der Waals surface area contributed by atoms with Gasteiger partial charge in [-0.3, -0.25) is 4.90 Å². The van der Waals surface area contributed by atoms with Crippen LogP contribution in [0.5, 0.6) is 0 Å². The van der Waals surface area contributed by atoms with Crippen LogP contribution in [0, 0.1) is 12.3 Å². The molecule has 1 aliphatic heterocycles. The monoisotopic (exact) mass is 355 g/mol. The fraction of sp³-hybridized carbons (Fsp3) is 0.688. The van der Waals surface area contributed by atoms with Crippen molar-refractivity contribution in [1.29, 1.82) is 0 Å². The molecule has 0 unspecified atom stereocenters. The van der Waals surface area contributed by atoms with Crippen molar-refractivity contribution in [3.05, 3.63) is 22.3 Å². The number of hydrogen-bond acceptors (Lipinski definition) is 4. The zero-order valence-electron chi connectivity index (χ0n) is 13.5. The summed E-state index contributed by atoms with van der Waals surface area (Å²) in [4.78, 5) is 9.40. The number of halogens is 1. The van der Waals surface area contributed by atoms with Gasteiger partial charge >= 0.3 is 0 Å². The smallest absolute Gasteiger partial charge is 0.128 e. The second-order valence-electron chi connectivity index (χ2n) is 6.65. The third-order valence-electron chi connectivity index (χ3n) is 3.82. The average molecular weight is 356 g/mol. The van der Waals surface area contributed by atoms with Crippen molar-refractivity contribution in [2.45, 2.75) is 20.8 Å². The molecule has 0 aromatic carbocycles. The number of aromatic nitrogens is 1. The Hall–Kier alpha value is -0.650. The highest BCUT2D eigenvalue weighted by Gasteiger charge is 2.25. The Morgan fingerprint density at radius 1 is 1.33 bits per heavy atom. The van der Waals surface area contributed by atoms with Crippen LogP contribution in [0.3, 0.4) is 0 Å². The molecule has 1 aliphatic rings. The summed E-state index contributed by atoms with van der Waals surface area (Å²) >= 11 is 3.51. The summed E-state index contributed by atoms with van der Waals surface area (Å²) in [6, 6.07) is 4.14. The second-order valence-corrected chi connectivity index (χ2v) is 7.50. The number of nitrogens with zero attached hydrogens (tertiary/aromatic N) is 3. The summed E-state index contributed by atoms with van der Waals surface area (Å²) in [5.41, 5.74) is 1.25. The number of morpholine rings is 1. The van der Waals surface area contributed by atoms with Crippen molar-refractivity contribution < 1.29 is 4.74 Å². The molecule has 1 fully saturated rings. The maximum atomic E-state index is 5.42. The number of aryl methyl sites for hydroxylation is 1.